The first-order valence-corrected chi connectivity index (χ1v) is 11.3. The summed E-state index contributed by atoms with van der Waals surface area (Å²) in [5, 5.41) is 25.3. The van der Waals surface area contributed by atoms with E-state index in [2.05, 4.69) is 15.5 Å². The van der Waals surface area contributed by atoms with Crippen molar-refractivity contribution in [1.82, 2.24) is 15.2 Å². The van der Waals surface area contributed by atoms with Crippen LogP contribution >= 0.6 is 34.9 Å². The van der Waals surface area contributed by atoms with Gasteiger partial charge in [0.1, 0.15) is 22.8 Å². The number of carboxylic acids is 1. The van der Waals surface area contributed by atoms with Crippen LogP contribution in [0, 0.1) is 0 Å². The molecule has 1 saturated heterocycles. The second kappa shape index (κ2) is 9.02. The number of nitrogens with one attached hydrogen (secondary N) is 1. The number of nitrogens with zero attached hydrogens (tertiary/aromatic N) is 3. The Hall–Kier alpha value is -2.29. The van der Waals surface area contributed by atoms with Crippen molar-refractivity contribution >= 4 is 63.5 Å². The van der Waals surface area contributed by atoms with E-state index >= 15 is 0 Å². The Morgan fingerprint density at radius 1 is 1.48 bits per heavy atom. The van der Waals surface area contributed by atoms with Gasteiger partial charge in [0.2, 0.25) is 0 Å². The van der Waals surface area contributed by atoms with Crippen molar-refractivity contribution in [3.63, 3.8) is 0 Å². The van der Waals surface area contributed by atoms with Crippen molar-refractivity contribution in [1.29, 1.82) is 0 Å². The van der Waals surface area contributed by atoms with Gasteiger partial charge in [0.25, 0.3) is 11.8 Å². The first-order valence-electron chi connectivity index (χ1n) is 8.37. The van der Waals surface area contributed by atoms with Crippen LogP contribution in [0.2, 0.25) is 0 Å². The van der Waals surface area contributed by atoms with Crippen molar-refractivity contribution in [3.8, 4) is 0 Å². The van der Waals surface area contributed by atoms with Crippen molar-refractivity contribution in [3.05, 3.63) is 21.7 Å². The van der Waals surface area contributed by atoms with E-state index in [-0.39, 0.29) is 22.2 Å². The third kappa shape index (κ3) is 4.19. The molecule has 0 saturated carbocycles. The number of oxime groups is 1. The SMILES string of the molecule is NCCCSC1=C(C(=O)O)N2C(=O)[C@@H](NC(=O)/C(=N\O)c3csc(N)n3)[C@H]2SC1. The summed E-state index contributed by atoms with van der Waals surface area (Å²) in [4.78, 5) is 42.5. The number of hydrogen-bond acceptors (Lipinski definition) is 11. The minimum absolute atomic E-state index is 0.0606. The molecule has 0 aliphatic carbocycles. The lowest BCUT2D eigenvalue weighted by atomic mass is 10.0. The number of carbonyl (C=O) groups excluding carboxylic acids is 2. The lowest BCUT2D eigenvalue weighted by Crippen LogP contribution is -2.71. The molecule has 2 aliphatic rings. The van der Waals surface area contributed by atoms with Crippen LogP contribution in [0.4, 0.5) is 5.13 Å². The third-order valence-corrected chi connectivity index (χ3v) is 7.44. The molecule has 1 aromatic rings. The molecule has 2 aliphatic heterocycles. The molecule has 0 radical (unpaired) electrons. The van der Waals surface area contributed by atoms with Crippen LogP contribution in [0.5, 0.6) is 0 Å². The van der Waals surface area contributed by atoms with Gasteiger partial charge in [0, 0.05) is 16.0 Å². The van der Waals surface area contributed by atoms with Gasteiger partial charge in [-0.25, -0.2) is 9.78 Å². The lowest BCUT2D eigenvalue weighted by Gasteiger charge is -2.49. The van der Waals surface area contributed by atoms with E-state index in [1.54, 1.807) is 0 Å². The smallest absolute Gasteiger partial charge is 0.353 e. The number of carbonyl (C=O) groups is 3. The topological polar surface area (TPSA) is 184 Å². The van der Waals surface area contributed by atoms with Crippen molar-refractivity contribution in [2.75, 3.05) is 23.8 Å². The number of carboxylic acid groups (broad SMARTS) is 1. The van der Waals surface area contributed by atoms with E-state index in [1.165, 1.54) is 33.8 Å². The fraction of sp³-hybridized carbons (Fsp3) is 0.400. The highest BCUT2D eigenvalue weighted by atomic mass is 32.2. The van der Waals surface area contributed by atoms with Crippen LogP contribution in [0.1, 0.15) is 12.1 Å². The highest BCUT2D eigenvalue weighted by Gasteiger charge is 2.54. The Kier molecular flexibility index (Phi) is 6.66. The predicted molar refractivity (Wildman–Crippen MR) is 111 cm³/mol. The highest BCUT2D eigenvalue weighted by molar-refractivity contribution is 8.06. The lowest BCUT2D eigenvalue weighted by molar-refractivity contribution is -0.150. The first-order chi connectivity index (χ1) is 13.9. The number of nitrogens with two attached hydrogens (primary N) is 2. The molecule has 2 atom stereocenters. The predicted octanol–water partition coefficient (Wildman–Crippen LogP) is -0.318. The molecule has 3 rings (SSSR count). The second-order valence-corrected chi connectivity index (χ2v) is 9.13. The minimum Gasteiger partial charge on any atom is -0.477 e. The molecule has 0 unspecified atom stereocenters. The number of β-lactam (4-membered cyclic amide) rings is 1. The number of hydrogen-bond donors (Lipinski definition) is 5. The number of thioether (sulfide) groups is 2. The molecular weight excluding hydrogens is 440 g/mol. The summed E-state index contributed by atoms with van der Waals surface area (Å²) in [7, 11) is 0. The molecule has 1 aromatic heterocycles. The zero-order chi connectivity index (χ0) is 21.1. The van der Waals surface area contributed by atoms with Gasteiger partial charge in [-0.05, 0) is 18.7 Å². The molecule has 0 aromatic carbocycles. The molecule has 1 fully saturated rings. The van der Waals surface area contributed by atoms with E-state index in [1.807, 2.05) is 0 Å². The Morgan fingerprint density at radius 2 is 2.24 bits per heavy atom. The molecule has 11 nitrogen and oxygen atoms in total. The maximum Gasteiger partial charge on any atom is 0.353 e. The van der Waals surface area contributed by atoms with Crippen molar-refractivity contribution < 1.29 is 24.7 Å². The molecule has 7 N–H and O–H groups in total. The number of aliphatic carboxylic acids is 1. The van der Waals surface area contributed by atoms with Gasteiger partial charge in [-0.1, -0.05) is 5.16 Å². The van der Waals surface area contributed by atoms with Crippen LogP contribution in [-0.2, 0) is 14.4 Å². The normalized spacial score (nSPS) is 21.6. The fourth-order valence-corrected chi connectivity index (χ4v) is 5.96. The van der Waals surface area contributed by atoms with Gasteiger partial charge in [-0.3, -0.25) is 14.5 Å². The maximum absolute atomic E-state index is 12.6. The number of fused-ring (bicyclic) bond motifs is 1. The largest absolute Gasteiger partial charge is 0.477 e. The van der Waals surface area contributed by atoms with Crippen LogP contribution in [-0.4, -0.2) is 73.2 Å². The first kappa shape index (κ1) is 21.4. The summed E-state index contributed by atoms with van der Waals surface area (Å²) >= 11 is 3.79. The summed E-state index contributed by atoms with van der Waals surface area (Å²) < 4.78 is 0. The molecular formula is C15H18N6O5S3. The van der Waals surface area contributed by atoms with E-state index in [4.69, 9.17) is 16.7 Å². The second-order valence-electron chi connectivity index (χ2n) is 5.95. The summed E-state index contributed by atoms with van der Waals surface area (Å²) in [5.74, 6) is -1.48. The van der Waals surface area contributed by atoms with Gasteiger partial charge in [0.15, 0.2) is 10.8 Å². The number of thiazole rings is 1. The molecule has 0 bridgehead atoms. The van der Waals surface area contributed by atoms with Gasteiger partial charge in [-0.15, -0.1) is 34.9 Å². The van der Waals surface area contributed by atoms with Crippen LogP contribution in [0.25, 0.3) is 0 Å². The Bertz CT molecular complexity index is 901. The number of amides is 2. The number of aromatic nitrogens is 1. The quantitative estimate of drug-likeness (QED) is 0.114. The Balaban J connectivity index is 1.73. The van der Waals surface area contributed by atoms with E-state index in [9.17, 15) is 19.5 Å². The zero-order valence-electron chi connectivity index (χ0n) is 14.9. The monoisotopic (exact) mass is 458 g/mol. The van der Waals surface area contributed by atoms with E-state index < -0.39 is 29.2 Å². The highest BCUT2D eigenvalue weighted by Crippen LogP contribution is 2.43. The van der Waals surface area contributed by atoms with Gasteiger partial charge in [0.05, 0.1) is 0 Å². The number of rotatable bonds is 8. The zero-order valence-corrected chi connectivity index (χ0v) is 17.4. The summed E-state index contributed by atoms with van der Waals surface area (Å²) in [6, 6.07) is -0.940. The van der Waals surface area contributed by atoms with Crippen molar-refractivity contribution in [2.45, 2.75) is 17.8 Å². The third-order valence-electron chi connectivity index (χ3n) is 4.13. The standard InChI is InChI=1S/C15H18N6O5S3/c16-2-1-3-27-7-5-28-13-9(12(23)21(13)10(7)14(24)25)19-11(22)8(20-26)6-4-29-15(17)18-6/h4,9,13,26H,1-3,5,16H2,(H2,17,18)(H,19,22)(H,24,25)/b20-8-/t9-,13-/m1/s1. The van der Waals surface area contributed by atoms with E-state index in [0.717, 1.165) is 17.8 Å². The minimum atomic E-state index is -1.20. The van der Waals surface area contributed by atoms with Crippen LogP contribution < -0.4 is 16.8 Å². The molecule has 29 heavy (non-hydrogen) atoms. The molecule has 3 heterocycles. The van der Waals surface area contributed by atoms with Gasteiger partial charge < -0.3 is 27.1 Å². The van der Waals surface area contributed by atoms with Crippen LogP contribution in [0.3, 0.4) is 0 Å². The Morgan fingerprint density at radius 3 is 2.83 bits per heavy atom. The summed E-state index contributed by atoms with van der Waals surface area (Å²) in [5.41, 5.74) is 10.6. The van der Waals surface area contributed by atoms with Crippen LogP contribution in [0.15, 0.2) is 21.1 Å². The number of anilines is 1. The van der Waals surface area contributed by atoms with Gasteiger partial charge in [-0.2, -0.15) is 0 Å². The van der Waals surface area contributed by atoms with Crippen molar-refractivity contribution in [2.24, 2.45) is 10.9 Å². The molecule has 156 valence electrons. The average Bonchev–Trinajstić information content (AvgIpc) is 3.12. The average molecular weight is 459 g/mol. The number of nitrogen functional groups attached to an aromatic ring is 1. The van der Waals surface area contributed by atoms with E-state index in [0.29, 0.717) is 23.0 Å². The molecule has 2 amide bonds. The van der Waals surface area contributed by atoms with Gasteiger partial charge >= 0.3 is 5.97 Å². The maximum atomic E-state index is 12.6. The summed E-state index contributed by atoms with van der Waals surface area (Å²) in [6.45, 7) is 0.495. The Labute approximate surface area is 177 Å². The summed E-state index contributed by atoms with van der Waals surface area (Å²) in [6.07, 6.45) is 0.728. The fourth-order valence-electron chi connectivity index (χ4n) is 2.80. The molecule has 14 heteroatoms. The molecule has 0 spiro atoms.